The zero-order valence-electron chi connectivity index (χ0n) is 7.16. The van der Waals surface area contributed by atoms with Gasteiger partial charge in [0.1, 0.15) is 5.76 Å². The van der Waals surface area contributed by atoms with E-state index in [0.29, 0.717) is 0 Å². The lowest BCUT2D eigenvalue weighted by Gasteiger charge is -2.10. The molecule has 2 unspecified atom stereocenters. The zero-order valence-corrected chi connectivity index (χ0v) is 7.16. The topological polar surface area (TPSA) is 33.4 Å². The molecule has 1 aromatic rings. The molecular formula is C9H14O2. The van der Waals surface area contributed by atoms with E-state index in [1.165, 1.54) is 0 Å². The average molecular weight is 154 g/mol. The smallest absolute Gasteiger partial charge is 0.109 e. The first-order valence-corrected chi connectivity index (χ1v) is 3.84. The first-order valence-electron chi connectivity index (χ1n) is 3.84. The van der Waals surface area contributed by atoms with Crippen LogP contribution in [0.2, 0.25) is 0 Å². The molecule has 1 rings (SSSR count). The van der Waals surface area contributed by atoms with Crippen LogP contribution in [-0.2, 0) is 0 Å². The van der Waals surface area contributed by atoms with Gasteiger partial charge in [-0.2, -0.15) is 0 Å². The first-order chi connectivity index (χ1) is 5.11. The van der Waals surface area contributed by atoms with Crippen molar-refractivity contribution in [3.63, 3.8) is 0 Å². The molecule has 11 heavy (non-hydrogen) atoms. The summed E-state index contributed by atoms with van der Waals surface area (Å²) in [5.74, 6) is 0.946. The van der Waals surface area contributed by atoms with E-state index in [1.54, 1.807) is 13.2 Å². The minimum atomic E-state index is -0.347. The van der Waals surface area contributed by atoms with Gasteiger partial charge in [0.15, 0.2) is 0 Å². The maximum absolute atomic E-state index is 9.22. The van der Waals surface area contributed by atoms with E-state index >= 15 is 0 Å². The van der Waals surface area contributed by atoms with Crippen LogP contribution in [0.15, 0.2) is 16.7 Å². The summed E-state index contributed by atoms with van der Waals surface area (Å²) in [5, 5.41) is 9.22. The lowest BCUT2D eigenvalue weighted by molar-refractivity contribution is 0.158. The fourth-order valence-electron chi connectivity index (χ4n) is 0.930. The number of furan rings is 1. The molecule has 0 aromatic carbocycles. The summed E-state index contributed by atoms with van der Waals surface area (Å²) in [6.45, 7) is 5.69. The minimum absolute atomic E-state index is 0.0868. The lowest BCUT2D eigenvalue weighted by Crippen LogP contribution is -2.09. The molecule has 0 bridgehead atoms. The van der Waals surface area contributed by atoms with Gasteiger partial charge in [0.25, 0.3) is 0 Å². The fraction of sp³-hybridized carbons (Fsp3) is 0.556. The molecular weight excluding hydrogens is 140 g/mol. The molecule has 2 heteroatoms. The second-order valence-electron chi connectivity index (χ2n) is 3.06. The molecule has 0 fully saturated rings. The Morgan fingerprint density at radius 2 is 2.09 bits per heavy atom. The number of aliphatic hydroxyl groups excluding tert-OH is 1. The van der Waals surface area contributed by atoms with Gasteiger partial charge in [-0.15, -0.1) is 0 Å². The molecule has 1 heterocycles. The predicted octanol–water partition coefficient (Wildman–Crippen LogP) is 2.07. The molecule has 0 aliphatic heterocycles. The van der Waals surface area contributed by atoms with Crippen LogP contribution in [0.25, 0.3) is 0 Å². The number of hydrogen-bond donors (Lipinski definition) is 1. The van der Waals surface area contributed by atoms with Gasteiger partial charge < -0.3 is 9.52 Å². The second-order valence-corrected chi connectivity index (χ2v) is 3.06. The van der Waals surface area contributed by atoms with E-state index in [-0.39, 0.29) is 12.0 Å². The van der Waals surface area contributed by atoms with Crippen LogP contribution in [0, 0.1) is 6.92 Å². The molecule has 0 spiro atoms. The molecule has 0 aliphatic rings. The van der Waals surface area contributed by atoms with Crippen molar-refractivity contribution in [1.29, 1.82) is 0 Å². The third-order valence-electron chi connectivity index (χ3n) is 1.92. The molecule has 0 amide bonds. The van der Waals surface area contributed by atoms with Gasteiger partial charge in [-0.05, 0) is 25.5 Å². The highest BCUT2D eigenvalue weighted by molar-refractivity contribution is 5.14. The zero-order chi connectivity index (χ0) is 8.43. The summed E-state index contributed by atoms with van der Waals surface area (Å²) in [6.07, 6.45) is 1.36. The largest absolute Gasteiger partial charge is 0.469 e. The highest BCUT2D eigenvalue weighted by Gasteiger charge is 2.14. The van der Waals surface area contributed by atoms with Crippen LogP contribution < -0.4 is 0 Å². The Bertz CT molecular complexity index is 225. The summed E-state index contributed by atoms with van der Waals surface area (Å²) in [5.41, 5.74) is 1.10. The summed E-state index contributed by atoms with van der Waals surface area (Å²) in [6, 6.07) is 1.96. The van der Waals surface area contributed by atoms with Crippen molar-refractivity contribution in [2.45, 2.75) is 32.8 Å². The van der Waals surface area contributed by atoms with Gasteiger partial charge in [-0.3, -0.25) is 0 Å². The number of aliphatic hydroxyl groups is 1. The number of rotatable bonds is 2. The highest BCUT2D eigenvalue weighted by atomic mass is 16.3. The molecule has 62 valence electrons. The van der Waals surface area contributed by atoms with Gasteiger partial charge in [0.05, 0.1) is 12.4 Å². The molecule has 0 saturated carbocycles. The van der Waals surface area contributed by atoms with E-state index in [9.17, 15) is 5.11 Å². The van der Waals surface area contributed by atoms with E-state index in [2.05, 4.69) is 0 Å². The summed E-state index contributed by atoms with van der Waals surface area (Å²) in [4.78, 5) is 0. The Balaban J connectivity index is 2.76. The third kappa shape index (κ3) is 1.84. The van der Waals surface area contributed by atoms with E-state index in [4.69, 9.17) is 4.42 Å². The predicted molar refractivity (Wildman–Crippen MR) is 43.5 cm³/mol. The van der Waals surface area contributed by atoms with Crippen LogP contribution >= 0.6 is 0 Å². The highest BCUT2D eigenvalue weighted by Crippen LogP contribution is 2.20. The Morgan fingerprint density at radius 1 is 1.45 bits per heavy atom. The lowest BCUT2D eigenvalue weighted by atomic mass is 10.0. The van der Waals surface area contributed by atoms with Gasteiger partial charge in [-0.1, -0.05) is 6.92 Å². The summed E-state index contributed by atoms with van der Waals surface area (Å²) < 4.78 is 5.23. The second kappa shape index (κ2) is 3.09. The van der Waals surface area contributed by atoms with Gasteiger partial charge >= 0.3 is 0 Å². The van der Waals surface area contributed by atoms with Crippen molar-refractivity contribution >= 4 is 0 Å². The Hall–Kier alpha value is -0.760. The molecule has 1 N–H and O–H groups in total. The maximum atomic E-state index is 9.22. The Morgan fingerprint density at radius 3 is 2.45 bits per heavy atom. The van der Waals surface area contributed by atoms with Gasteiger partial charge in [0, 0.05) is 5.92 Å². The molecule has 2 nitrogen and oxygen atoms in total. The summed E-state index contributed by atoms with van der Waals surface area (Å²) in [7, 11) is 0. The van der Waals surface area contributed by atoms with Crippen molar-refractivity contribution in [1.82, 2.24) is 0 Å². The number of aryl methyl sites for hydroxylation is 1. The van der Waals surface area contributed by atoms with E-state index < -0.39 is 0 Å². The normalized spacial score (nSPS) is 16.4. The average Bonchev–Trinajstić information content (AvgIpc) is 2.34. The molecule has 0 saturated heterocycles. The standard InChI is InChI=1S/C9H14O2/c1-6-4-9(11-5-6)7(2)8(3)10/h4-5,7-8,10H,1-3H3. The van der Waals surface area contributed by atoms with Crippen molar-refractivity contribution < 1.29 is 9.52 Å². The molecule has 0 aliphatic carbocycles. The summed E-state index contributed by atoms with van der Waals surface area (Å²) >= 11 is 0. The quantitative estimate of drug-likeness (QED) is 0.707. The monoisotopic (exact) mass is 154 g/mol. The third-order valence-corrected chi connectivity index (χ3v) is 1.92. The van der Waals surface area contributed by atoms with Crippen LogP contribution in [0.4, 0.5) is 0 Å². The van der Waals surface area contributed by atoms with Crippen LogP contribution in [0.1, 0.15) is 31.1 Å². The number of hydrogen-bond acceptors (Lipinski definition) is 2. The van der Waals surface area contributed by atoms with E-state index in [1.807, 2.05) is 19.9 Å². The SMILES string of the molecule is Cc1coc(C(C)C(C)O)c1. The van der Waals surface area contributed by atoms with Crippen LogP contribution in [0.3, 0.4) is 0 Å². The van der Waals surface area contributed by atoms with Gasteiger partial charge in [-0.25, -0.2) is 0 Å². The van der Waals surface area contributed by atoms with Crippen molar-refractivity contribution in [2.24, 2.45) is 0 Å². The van der Waals surface area contributed by atoms with Gasteiger partial charge in [0.2, 0.25) is 0 Å². The van der Waals surface area contributed by atoms with Crippen molar-refractivity contribution in [3.8, 4) is 0 Å². The molecule has 1 aromatic heterocycles. The Labute approximate surface area is 66.8 Å². The van der Waals surface area contributed by atoms with Crippen LogP contribution in [0.5, 0.6) is 0 Å². The Kier molecular flexibility index (Phi) is 2.35. The first kappa shape index (κ1) is 8.34. The van der Waals surface area contributed by atoms with E-state index in [0.717, 1.165) is 11.3 Å². The fourth-order valence-corrected chi connectivity index (χ4v) is 0.930. The molecule has 0 radical (unpaired) electrons. The maximum Gasteiger partial charge on any atom is 0.109 e. The van der Waals surface area contributed by atoms with Crippen molar-refractivity contribution in [3.05, 3.63) is 23.7 Å². The van der Waals surface area contributed by atoms with Crippen molar-refractivity contribution in [2.75, 3.05) is 0 Å². The minimum Gasteiger partial charge on any atom is -0.469 e. The molecule has 2 atom stereocenters. The van der Waals surface area contributed by atoms with Crippen LogP contribution in [-0.4, -0.2) is 11.2 Å².